The molecule has 0 aliphatic rings. The second-order valence-electron chi connectivity index (χ2n) is 7.29. The quantitative estimate of drug-likeness (QED) is 0.383. The Hall–Kier alpha value is -2.49. The van der Waals surface area contributed by atoms with Crippen LogP contribution in [0.15, 0.2) is 48.5 Å². The van der Waals surface area contributed by atoms with Crippen molar-refractivity contribution in [1.82, 2.24) is 0 Å². The summed E-state index contributed by atoms with van der Waals surface area (Å²) in [5.41, 5.74) is 2.67. The van der Waals surface area contributed by atoms with Gasteiger partial charge in [0.25, 0.3) is 0 Å². The highest BCUT2D eigenvalue weighted by Gasteiger charge is 2.03. The van der Waals surface area contributed by atoms with Gasteiger partial charge in [0.1, 0.15) is 5.75 Å². The third-order valence-electron chi connectivity index (χ3n) is 4.69. The smallest absolute Gasteiger partial charge is 0.323 e. The SMILES string of the molecule is CCCCCCCCCCOc1ccc(NC(=O)Nc2ccc(C)cc2)cc1. The van der Waals surface area contributed by atoms with Gasteiger partial charge in [0.15, 0.2) is 0 Å². The Bertz CT molecular complexity index is 681. The van der Waals surface area contributed by atoms with Gasteiger partial charge in [-0.25, -0.2) is 4.79 Å². The van der Waals surface area contributed by atoms with Crippen molar-refractivity contribution in [3.8, 4) is 5.75 Å². The number of hydrogen-bond donors (Lipinski definition) is 2. The van der Waals surface area contributed by atoms with Gasteiger partial charge in [0.05, 0.1) is 6.61 Å². The van der Waals surface area contributed by atoms with Crippen LogP contribution in [0.1, 0.15) is 63.9 Å². The summed E-state index contributed by atoms with van der Waals surface area (Å²) in [5.74, 6) is 0.840. The predicted molar refractivity (Wildman–Crippen MR) is 118 cm³/mol. The van der Waals surface area contributed by atoms with E-state index in [0.717, 1.165) is 35.7 Å². The summed E-state index contributed by atoms with van der Waals surface area (Å²) >= 11 is 0. The Labute approximate surface area is 169 Å². The number of benzene rings is 2. The van der Waals surface area contributed by atoms with E-state index in [1.807, 2.05) is 55.5 Å². The van der Waals surface area contributed by atoms with Crippen molar-refractivity contribution < 1.29 is 9.53 Å². The third kappa shape index (κ3) is 8.94. The summed E-state index contributed by atoms with van der Waals surface area (Å²) < 4.78 is 5.79. The van der Waals surface area contributed by atoms with Gasteiger partial charge >= 0.3 is 6.03 Å². The number of hydrogen-bond acceptors (Lipinski definition) is 2. The number of carbonyl (C=O) groups excluding carboxylic acids is 1. The average Bonchev–Trinajstić information content (AvgIpc) is 2.70. The monoisotopic (exact) mass is 382 g/mol. The topological polar surface area (TPSA) is 50.4 Å². The van der Waals surface area contributed by atoms with E-state index >= 15 is 0 Å². The molecular formula is C24H34N2O2. The van der Waals surface area contributed by atoms with E-state index in [-0.39, 0.29) is 6.03 Å². The number of nitrogens with one attached hydrogen (secondary N) is 2. The summed E-state index contributed by atoms with van der Waals surface area (Å²) in [6.45, 7) is 5.01. The molecule has 0 bridgehead atoms. The fourth-order valence-corrected chi connectivity index (χ4v) is 2.99. The van der Waals surface area contributed by atoms with Crippen LogP contribution in [0.2, 0.25) is 0 Å². The summed E-state index contributed by atoms with van der Waals surface area (Å²) in [6, 6.07) is 15.0. The third-order valence-corrected chi connectivity index (χ3v) is 4.69. The Balaban J connectivity index is 1.60. The van der Waals surface area contributed by atoms with E-state index in [2.05, 4.69) is 17.6 Å². The van der Waals surface area contributed by atoms with Crippen LogP contribution in [0.5, 0.6) is 5.75 Å². The molecule has 0 saturated carbocycles. The number of unbranched alkanes of at least 4 members (excludes halogenated alkanes) is 7. The molecule has 0 radical (unpaired) electrons. The van der Waals surface area contributed by atoms with E-state index in [4.69, 9.17) is 4.74 Å². The standard InChI is InChI=1S/C24H34N2O2/c1-3-4-5-6-7-8-9-10-19-28-23-17-15-22(16-18-23)26-24(27)25-21-13-11-20(2)12-14-21/h11-18H,3-10,19H2,1-2H3,(H2,25,26,27). The minimum absolute atomic E-state index is 0.253. The lowest BCUT2D eigenvalue weighted by Gasteiger charge is -2.10. The van der Waals surface area contributed by atoms with E-state index in [0.29, 0.717) is 0 Å². The molecule has 0 unspecified atom stereocenters. The zero-order chi connectivity index (χ0) is 20.0. The molecule has 2 rings (SSSR count). The zero-order valence-electron chi connectivity index (χ0n) is 17.3. The number of ether oxygens (including phenoxy) is 1. The molecule has 152 valence electrons. The lowest BCUT2D eigenvalue weighted by molar-refractivity contribution is 0.262. The zero-order valence-corrected chi connectivity index (χ0v) is 17.3. The van der Waals surface area contributed by atoms with Crippen molar-refractivity contribution in [2.45, 2.75) is 65.2 Å². The van der Waals surface area contributed by atoms with Crippen molar-refractivity contribution in [2.75, 3.05) is 17.2 Å². The van der Waals surface area contributed by atoms with Crippen molar-refractivity contribution >= 4 is 17.4 Å². The van der Waals surface area contributed by atoms with Gasteiger partial charge in [-0.2, -0.15) is 0 Å². The molecule has 0 fully saturated rings. The molecule has 2 aromatic carbocycles. The van der Waals surface area contributed by atoms with Crippen LogP contribution in [0.25, 0.3) is 0 Å². The molecule has 28 heavy (non-hydrogen) atoms. The van der Waals surface area contributed by atoms with Gasteiger partial charge in [-0.05, 0) is 49.7 Å². The molecule has 2 N–H and O–H groups in total. The first-order valence-corrected chi connectivity index (χ1v) is 10.5. The number of aryl methyl sites for hydroxylation is 1. The first-order valence-electron chi connectivity index (χ1n) is 10.5. The van der Waals surface area contributed by atoms with E-state index in [1.54, 1.807) is 0 Å². The largest absolute Gasteiger partial charge is 0.494 e. The van der Waals surface area contributed by atoms with Crippen molar-refractivity contribution in [3.63, 3.8) is 0 Å². The van der Waals surface area contributed by atoms with Gasteiger partial charge in [-0.15, -0.1) is 0 Å². The van der Waals surface area contributed by atoms with E-state index in [9.17, 15) is 4.79 Å². The van der Waals surface area contributed by atoms with Crippen LogP contribution >= 0.6 is 0 Å². The first-order chi connectivity index (χ1) is 13.7. The van der Waals surface area contributed by atoms with Crippen LogP contribution in [0.3, 0.4) is 0 Å². The van der Waals surface area contributed by atoms with Gasteiger partial charge in [0, 0.05) is 11.4 Å². The van der Waals surface area contributed by atoms with E-state index < -0.39 is 0 Å². The highest BCUT2D eigenvalue weighted by Crippen LogP contribution is 2.17. The Morgan fingerprint density at radius 1 is 0.750 bits per heavy atom. The molecule has 0 aromatic heterocycles. The van der Waals surface area contributed by atoms with Gasteiger partial charge in [0.2, 0.25) is 0 Å². The fraction of sp³-hybridized carbons (Fsp3) is 0.458. The Morgan fingerprint density at radius 3 is 1.82 bits per heavy atom. The average molecular weight is 383 g/mol. The maximum atomic E-state index is 12.1. The highest BCUT2D eigenvalue weighted by molar-refractivity contribution is 5.99. The fourth-order valence-electron chi connectivity index (χ4n) is 2.99. The summed E-state index contributed by atoms with van der Waals surface area (Å²) in [4.78, 5) is 12.1. The molecule has 4 heteroatoms. The molecule has 4 nitrogen and oxygen atoms in total. The van der Waals surface area contributed by atoms with Crippen molar-refractivity contribution in [3.05, 3.63) is 54.1 Å². The predicted octanol–water partition coefficient (Wildman–Crippen LogP) is 7.16. The molecule has 0 atom stereocenters. The maximum absolute atomic E-state index is 12.1. The summed E-state index contributed by atoms with van der Waals surface area (Å²) in [7, 11) is 0. The van der Waals surface area contributed by atoms with Crippen LogP contribution in [0.4, 0.5) is 16.2 Å². The van der Waals surface area contributed by atoms with Gasteiger partial charge in [-0.3, -0.25) is 0 Å². The van der Waals surface area contributed by atoms with Crippen LogP contribution < -0.4 is 15.4 Å². The number of urea groups is 1. The van der Waals surface area contributed by atoms with Crippen LogP contribution in [-0.4, -0.2) is 12.6 Å². The van der Waals surface area contributed by atoms with Gasteiger partial charge < -0.3 is 15.4 Å². The van der Waals surface area contributed by atoms with Gasteiger partial charge in [-0.1, -0.05) is 69.6 Å². The lowest BCUT2D eigenvalue weighted by atomic mass is 10.1. The second-order valence-corrected chi connectivity index (χ2v) is 7.29. The van der Waals surface area contributed by atoms with Crippen LogP contribution in [0, 0.1) is 6.92 Å². The molecule has 0 saturated heterocycles. The van der Waals surface area contributed by atoms with E-state index in [1.165, 1.54) is 44.9 Å². The number of amides is 2. The Morgan fingerprint density at radius 2 is 1.25 bits per heavy atom. The molecule has 2 amide bonds. The number of carbonyl (C=O) groups is 1. The molecular weight excluding hydrogens is 348 g/mol. The number of rotatable bonds is 12. The first kappa shape index (κ1) is 21.8. The number of anilines is 2. The molecule has 0 heterocycles. The van der Waals surface area contributed by atoms with Crippen molar-refractivity contribution in [1.29, 1.82) is 0 Å². The highest BCUT2D eigenvalue weighted by atomic mass is 16.5. The van der Waals surface area contributed by atoms with Crippen LogP contribution in [-0.2, 0) is 0 Å². The molecule has 0 aliphatic heterocycles. The second kappa shape index (κ2) is 12.8. The molecule has 0 spiro atoms. The Kier molecular flexibility index (Phi) is 9.98. The summed E-state index contributed by atoms with van der Waals surface area (Å²) in [6.07, 6.45) is 10.4. The van der Waals surface area contributed by atoms with Crippen molar-refractivity contribution in [2.24, 2.45) is 0 Å². The maximum Gasteiger partial charge on any atom is 0.323 e. The minimum Gasteiger partial charge on any atom is -0.494 e. The molecule has 2 aromatic rings. The normalized spacial score (nSPS) is 10.5. The molecule has 0 aliphatic carbocycles. The minimum atomic E-state index is -0.253. The summed E-state index contributed by atoms with van der Waals surface area (Å²) in [5, 5.41) is 5.65. The lowest BCUT2D eigenvalue weighted by Crippen LogP contribution is -2.19.